The number of hydrogen-bond donors (Lipinski definition) is 1. The Morgan fingerprint density at radius 2 is 2.00 bits per heavy atom. The quantitative estimate of drug-likeness (QED) is 0.475. The van der Waals surface area contributed by atoms with Crippen molar-refractivity contribution in [2.45, 2.75) is 77.3 Å². The summed E-state index contributed by atoms with van der Waals surface area (Å²) >= 11 is 0. The van der Waals surface area contributed by atoms with Crippen LogP contribution in [0.1, 0.15) is 82.5 Å². The highest BCUT2D eigenvalue weighted by atomic mass is 16.1. The number of aromatic nitrogens is 4. The highest BCUT2D eigenvalue weighted by molar-refractivity contribution is 5.77. The van der Waals surface area contributed by atoms with Crippen LogP contribution in [0.3, 0.4) is 0 Å². The maximum Gasteiger partial charge on any atom is 0.237 e. The summed E-state index contributed by atoms with van der Waals surface area (Å²) in [6, 6.07) is 12.5. The van der Waals surface area contributed by atoms with E-state index in [0.29, 0.717) is 12.4 Å². The number of piperidine rings is 1. The largest absolute Gasteiger partial charge is 0.353 e. The predicted octanol–water partition coefficient (Wildman–Crippen LogP) is 5.19. The number of carbonyl (C=O) groups is 1. The topological polar surface area (TPSA) is 75.9 Å². The van der Waals surface area contributed by atoms with E-state index in [0.717, 1.165) is 50.2 Å². The van der Waals surface area contributed by atoms with Crippen molar-refractivity contribution in [2.24, 2.45) is 0 Å². The van der Waals surface area contributed by atoms with Gasteiger partial charge in [0.25, 0.3) is 0 Å². The van der Waals surface area contributed by atoms with Gasteiger partial charge in [0.15, 0.2) is 0 Å². The standard InChI is InChI=1S/C27H36N6O/c1-4-10-23(21-11-6-5-7-12-21)29-26(34)17-22-13-8-9-15-33(22)25-18-24(20(2)3)30-27(31-25)32-16-14-28-19-32/h5-7,11-12,14,16,18-20,22-23H,4,8-10,13,15,17H2,1-3H3,(H,29,34). The predicted molar refractivity (Wildman–Crippen MR) is 135 cm³/mol. The lowest BCUT2D eigenvalue weighted by atomic mass is 9.97. The minimum absolute atomic E-state index is 0.0511. The van der Waals surface area contributed by atoms with Gasteiger partial charge in [0, 0.05) is 37.5 Å². The van der Waals surface area contributed by atoms with Crippen LogP contribution in [0.5, 0.6) is 0 Å². The van der Waals surface area contributed by atoms with Crippen molar-refractivity contribution < 1.29 is 4.79 Å². The molecule has 0 spiro atoms. The molecule has 2 atom stereocenters. The number of rotatable bonds is 9. The van der Waals surface area contributed by atoms with Crippen molar-refractivity contribution in [1.82, 2.24) is 24.8 Å². The first-order valence-corrected chi connectivity index (χ1v) is 12.5. The molecule has 1 fully saturated rings. The van der Waals surface area contributed by atoms with Crippen molar-refractivity contribution in [2.75, 3.05) is 11.4 Å². The summed E-state index contributed by atoms with van der Waals surface area (Å²) in [6.45, 7) is 7.34. The van der Waals surface area contributed by atoms with Crippen molar-refractivity contribution in [3.05, 3.63) is 66.4 Å². The van der Waals surface area contributed by atoms with Gasteiger partial charge in [-0.2, -0.15) is 4.98 Å². The van der Waals surface area contributed by atoms with Crippen LogP contribution in [0.2, 0.25) is 0 Å². The fourth-order valence-corrected chi connectivity index (χ4v) is 4.65. The van der Waals surface area contributed by atoms with E-state index in [9.17, 15) is 4.79 Å². The first-order chi connectivity index (χ1) is 16.5. The molecule has 1 aromatic carbocycles. The fourth-order valence-electron chi connectivity index (χ4n) is 4.65. The third kappa shape index (κ3) is 5.82. The summed E-state index contributed by atoms with van der Waals surface area (Å²) in [4.78, 5) is 29.3. The van der Waals surface area contributed by atoms with Crippen LogP contribution in [0.25, 0.3) is 5.95 Å². The molecule has 180 valence electrons. The number of amides is 1. The van der Waals surface area contributed by atoms with E-state index in [4.69, 9.17) is 9.97 Å². The molecular weight excluding hydrogens is 424 g/mol. The molecule has 0 aliphatic carbocycles. The van der Waals surface area contributed by atoms with E-state index < -0.39 is 0 Å². The Kier molecular flexibility index (Phi) is 7.93. The minimum Gasteiger partial charge on any atom is -0.353 e. The fraction of sp³-hybridized carbons (Fsp3) is 0.481. The second-order valence-corrected chi connectivity index (χ2v) is 9.44. The molecule has 1 N–H and O–H groups in total. The second kappa shape index (κ2) is 11.3. The summed E-state index contributed by atoms with van der Waals surface area (Å²) in [5.74, 6) is 1.90. The smallest absolute Gasteiger partial charge is 0.237 e. The second-order valence-electron chi connectivity index (χ2n) is 9.44. The van der Waals surface area contributed by atoms with E-state index in [1.54, 1.807) is 12.5 Å². The molecule has 1 aliphatic heterocycles. The first-order valence-electron chi connectivity index (χ1n) is 12.5. The van der Waals surface area contributed by atoms with Gasteiger partial charge in [-0.05, 0) is 37.2 Å². The van der Waals surface area contributed by atoms with Crippen LogP contribution in [0.4, 0.5) is 5.82 Å². The molecule has 0 bridgehead atoms. The number of hydrogen-bond acceptors (Lipinski definition) is 5. The van der Waals surface area contributed by atoms with Crippen molar-refractivity contribution in [3.63, 3.8) is 0 Å². The van der Waals surface area contributed by atoms with Crippen LogP contribution in [0.15, 0.2) is 55.1 Å². The van der Waals surface area contributed by atoms with Gasteiger partial charge in [-0.15, -0.1) is 0 Å². The first kappa shape index (κ1) is 23.9. The highest BCUT2D eigenvalue weighted by Crippen LogP contribution is 2.28. The van der Waals surface area contributed by atoms with Crippen molar-refractivity contribution >= 4 is 11.7 Å². The van der Waals surface area contributed by atoms with Gasteiger partial charge in [-0.1, -0.05) is 57.5 Å². The molecule has 34 heavy (non-hydrogen) atoms. The minimum atomic E-state index is 0.0511. The van der Waals surface area contributed by atoms with Gasteiger partial charge in [0.1, 0.15) is 12.1 Å². The summed E-state index contributed by atoms with van der Waals surface area (Å²) in [5, 5.41) is 3.31. The Morgan fingerprint density at radius 1 is 1.18 bits per heavy atom. The zero-order valence-corrected chi connectivity index (χ0v) is 20.5. The Morgan fingerprint density at radius 3 is 2.71 bits per heavy atom. The number of imidazole rings is 1. The van der Waals surface area contributed by atoms with Crippen molar-refractivity contribution in [3.8, 4) is 5.95 Å². The monoisotopic (exact) mass is 460 g/mol. The maximum atomic E-state index is 13.2. The average molecular weight is 461 g/mol. The van der Waals surface area contributed by atoms with E-state index in [1.807, 2.05) is 29.0 Å². The van der Waals surface area contributed by atoms with Gasteiger partial charge in [-0.3, -0.25) is 9.36 Å². The SMILES string of the molecule is CCCC(NC(=O)CC1CCCCN1c1cc(C(C)C)nc(-n2ccnc2)n1)c1ccccc1. The normalized spacial score (nSPS) is 17.1. The summed E-state index contributed by atoms with van der Waals surface area (Å²) in [7, 11) is 0. The third-order valence-corrected chi connectivity index (χ3v) is 6.50. The Hall–Kier alpha value is -3.22. The van der Waals surface area contributed by atoms with E-state index in [2.05, 4.69) is 54.2 Å². The highest BCUT2D eigenvalue weighted by Gasteiger charge is 2.28. The molecule has 7 nitrogen and oxygen atoms in total. The van der Waals surface area contributed by atoms with Crippen LogP contribution in [0, 0.1) is 0 Å². The molecule has 1 saturated heterocycles. The van der Waals surface area contributed by atoms with Crippen LogP contribution in [-0.4, -0.2) is 38.0 Å². The molecule has 2 aromatic heterocycles. The summed E-state index contributed by atoms with van der Waals surface area (Å²) in [6.07, 6.45) is 11.0. The number of anilines is 1. The number of benzene rings is 1. The average Bonchev–Trinajstić information content (AvgIpc) is 3.39. The molecule has 0 saturated carbocycles. The molecule has 4 rings (SSSR count). The maximum absolute atomic E-state index is 13.2. The zero-order chi connectivity index (χ0) is 23.9. The lowest BCUT2D eigenvalue weighted by molar-refractivity contribution is -0.122. The van der Waals surface area contributed by atoms with Gasteiger partial charge < -0.3 is 10.2 Å². The molecule has 7 heteroatoms. The van der Waals surface area contributed by atoms with E-state index >= 15 is 0 Å². The number of nitrogens with zero attached hydrogens (tertiary/aromatic N) is 5. The number of nitrogens with one attached hydrogen (secondary N) is 1. The number of carbonyl (C=O) groups excluding carboxylic acids is 1. The Bertz CT molecular complexity index is 1050. The molecule has 3 heterocycles. The van der Waals surface area contributed by atoms with Gasteiger partial charge >= 0.3 is 0 Å². The van der Waals surface area contributed by atoms with Gasteiger partial charge in [-0.25, -0.2) is 9.97 Å². The summed E-state index contributed by atoms with van der Waals surface area (Å²) < 4.78 is 1.84. The van der Waals surface area contributed by atoms with Crippen LogP contribution >= 0.6 is 0 Å². The molecule has 3 aromatic rings. The van der Waals surface area contributed by atoms with E-state index in [1.165, 1.54) is 5.56 Å². The molecule has 1 aliphatic rings. The van der Waals surface area contributed by atoms with Crippen LogP contribution in [-0.2, 0) is 4.79 Å². The summed E-state index contributed by atoms with van der Waals surface area (Å²) in [5.41, 5.74) is 2.16. The molecule has 2 unspecified atom stereocenters. The van der Waals surface area contributed by atoms with Crippen LogP contribution < -0.4 is 10.2 Å². The Labute approximate surface area is 202 Å². The Balaban J connectivity index is 1.54. The van der Waals surface area contributed by atoms with E-state index in [-0.39, 0.29) is 23.9 Å². The lowest BCUT2D eigenvalue weighted by Gasteiger charge is -2.37. The molecular formula is C27H36N6O. The van der Waals surface area contributed by atoms with Gasteiger partial charge in [0.2, 0.25) is 11.9 Å². The van der Waals surface area contributed by atoms with Gasteiger partial charge in [0.05, 0.1) is 11.7 Å². The molecule has 1 amide bonds. The lowest BCUT2D eigenvalue weighted by Crippen LogP contribution is -2.44. The third-order valence-electron chi connectivity index (χ3n) is 6.50. The zero-order valence-electron chi connectivity index (χ0n) is 20.5. The van der Waals surface area contributed by atoms with Crippen molar-refractivity contribution in [1.29, 1.82) is 0 Å². The molecule has 0 radical (unpaired) electrons.